The molecular weight excluding hydrogens is 289 g/mol. The second kappa shape index (κ2) is 5.91. The van der Waals surface area contributed by atoms with Crippen molar-refractivity contribution in [2.45, 2.75) is 5.88 Å². The Labute approximate surface area is 119 Å². The molecule has 0 amide bonds. The maximum atomic E-state index is 10.8. The van der Waals surface area contributed by atoms with Crippen molar-refractivity contribution < 1.29 is 9.66 Å². The molecule has 0 aromatic heterocycles. The van der Waals surface area contributed by atoms with Crippen molar-refractivity contribution in [3.8, 4) is 11.5 Å². The highest BCUT2D eigenvalue weighted by Crippen LogP contribution is 2.29. The molecule has 0 atom stereocenters. The average Bonchev–Trinajstić information content (AvgIpc) is 2.38. The van der Waals surface area contributed by atoms with Crippen molar-refractivity contribution in [3.63, 3.8) is 0 Å². The molecule has 0 heterocycles. The fourth-order valence-electron chi connectivity index (χ4n) is 1.58. The Bertz CT molecular complexity index is 617. The second-order valence-corrected chi connectivity index (χ2v) is 4.44. The van der Waals surface area contributed by atoms with E-state index in [0.717, 1.165) is 0 Å². The molecule has 2 rings (SSSR count). The van der Waals surface area contributed by atoms with Crippen LogP contribution in [-0.2, 0) is 5.88 Å². The van der Waals surface area contributed by atoms with Crippen LogP contribution in [0.2, 0.25) is 5.02 Å². The molecule has 19 heavy (non-hydrogen) atoms. The minimum absolute atomic E-state index is 0.0200. The summed E-state index contributed by atoms with van der Waals surface area (Å²) in [4.78, 5) is 10.3. The van der Waals surface area contributed by atoms with E-state index in [4.69, 9.17) is 27.9 Å². The summed E-state index contributed by atoms with van der Waals surface area (Å²) in [5.41, 5.74) is 0.389. The smallest absolute Gasteiger partial charge is 0.274 e. The molecule has 0 spiro atoms. The standard InChI is InChI=1S/C13H9Cl2NO3/c14-8-9-6-12(4-5-13(9)16(17)18)19-11-3-1-2-10(15)7-11/h1-7H,8H2. The van der Waals surface area contributed by atoms with E-state index in [1.54, 1.807) is 30.3 Å². The SMILES string of the molecule is O=[N+]([O-])c1ccc(Oc2cccc(Cl)c2)cc1CCl. The van der Waals surface area contributed by atoms with Crippen LogP contribution in [-0.4, -0.2) is 4.92 Å². The Morgan fingerprint density at radius 1 is 1.16 bits per heavy atom. The van der Waals surface area contributed by atoms with Crippen LogP contribution in [0.25, 0.3) is 0 Å². The highest BCUT2D eigenvalue weighted by molar-refractivity contribution is 6.30. The van der Waals surface area contributed by atoms with Gasteiger partial charge in [-0.1, -0.05) is 17.7 Å². The predicted octanol–water partition coefficient (Wildman–Crippen LogP) is 4.78. The molecule has 2 aromatic rings. The molecule has 0 saturated carbocycles. The minimum atomic E-state index is -0.471. The van der Waals surface area contributed by atoms with Crippen molar-refractivity contribution in [2.75, 3.05) is 0 Å². The van der Waals surface area contributed by atoms with E-state index in [2.05, 4.69) is 0 Å². The number of nitrogens with zero attached hydrogens (tertiary/aromatic N) is 1. The summed E-state index contributed by atoms with van der Waals surface area (Å²) < 4.78 is 5.57. The fraction of sp³-hybridized carbons (Fsp3) is 0.0769. The summed E-state index contributed by atoms with van der Waals surface area (Å²) in [5.74, 6) is 1.08. The number of hydrogen-bond donors (Lipinski definition) is 0. The lowest BCUT2D eigenvalue weighted by molar-refractivity contribution is -0.385. The van der Waals surface area contributed by atoms with E-state index in [-0.39, 0.29) is 11.6 Å². The second-order valence-electron chi connectivity index (χ2n) is 3.74. The van der Waals surface area contributed by atoms with Gasteiger partial charge in [-0.15, -0.1) is 11.6 Å². The molecule has 0 radical (unpaired) electrons. The lowest BCUT2D eigenvalue weighted by Gasteiger charge is -2.07. The number of rotatable bonds is 4. The molecule has 4 nitrogen and oxygen atoms in total. The monoisotopic (exact) mass is 297 g/mol. The minimum Gasteiger partial charge on any atom is -0.457 e. The summed E-state index contributed by atoms with van der Waals surface area (Å²) >= 11 is 11.5. The van der Waals surface area contributed by atoms with E-state index in [1.807, 2.05) is 0 Å². The first-order valence-corrected chi connectivity index (χ1v) is 6.28. The maximum absolute atomic E-state index is 10.8. The summed E-state index contributed by atoms with van der Waals surface area (Å²) in [6.07, 6.45) is 0. The van der Waals surface area contributed by atoms with Crippen LogP contribution in [0, 0.1) is 10.1 Å². The fourth-order valence-corrected chi connectivity index (χ4v) is 1.97. The van der Waals surface area contributed by atoms with Gasteiger partial charge in [-0.25, -0.2) is 0 Å². The average molecular weight is 298 g/mol. The number of halogens is 2. The van der Waals surface area contributed by atoms with E-state index in [9.17, 15) is 10.1 Å². The Hall–Kier alpha value is -1.78. The Kier molecular flexibility index (Phi) is 4.24. The lowest BCUT2D eigenvalue weighted by atomic mass is 10.2. The molecule has 98 valence electrons. The zero-order valence-corrected chi connectivity index (χ0v) is 11.2. The van der Waals surface area contributed by atoms with Crippen LogP contribution in [0.15, 0.2) is 42.5 Å². The summed E-state index contributed by atoms with van der Waals surface area (Å²) in [6.45, 7) is 0. The van der Waals surface area contributed by atoms with Gasteiger partial charge in [-0.05, 0) is 30.3 Å². The normalized spacial score (nSPS) is 10.2. The Balaban J connectivity index is 2.29. The van der Waals surface area contributed by atoms with Crippen molar-refractivity contribution in [1.82, 2.24) is 0 Å². The third-order valence-corrected chi connectivity index (χ3v) is 2.95. The quantitative estimate of drug-likeness (QED) is 0.463. The van der Waals surface area contributed by atoms with Crippen molar-refractivity contribution in [1.29, 1.82) is 0 Å². The summed E-state index contributed by atoms with van der Waals surface area (Å²) in [5, 5.41) is 11.3. The first kappa shape index (κ1) is 13.6. The highest BCUT2D eigenvalue weighted by Gasteiger charge is 2.13. The van der Waals surface area contributed by atoms with Crippen LogP contribution >= 0.6 is 23.2 Å². The molecule has 0 fully saturated rings. The van der Waals surface area contributed by atoms with Crippen LogP contribution in [0.5, 0.6) is 11.5 Å². The number of benzene rings is 2. The largest absolute Gasteiger partial charge is 0.457 e. The van der Waals surface area contributed by atoms with Gasteiger partial charge < -0.3 is 4.74 Å². The van der Waals surface area contributed by atoms with Gasteiger partial charge in [0.2, 0.25) is 0 Å². The zero-order valence-electron chi connectivity index (χ0n) is 9.68. The van der Waals surface area contributed by atoms with Crippen molar-refractivity contribution in [3.05, 3.63) is 63.2 Å². The number of nitro benzene ring substituents is 1. The van der Waals surface area contributed by atoms with Crippen LogP contribution in [0.4, 0.5) is 5.69 Å². The van der Waals surface area contributed by atoms with Crippen LogP contribution in [0.3, 0.4) is 0 Å². The number of hydrogen-bond acceptors (Lipinski definition) is 3. The van der Waals surface area contributed by atoms with Crippen LogP contribution in [0.1, 0.15) is 5.56 Å². The molecule has 6 heteroatoms. The first-order chi connectivity index (χ1) is 9.10. The first-order valence-electron chi connectivity index (χ1n) is 5.37. The zero-order chi connectivity index (χ0) is 13.8. The molecule has 0 saturated heterocycles. The van der Waals surface area contributed by atoms with E-state index >= 15 is 0 Å². The Morgan fingerprint density at radius 2 is 1.89 bits per heavy atom. The summed E-state index contributed by atoms with van der Waals surface area (Å²) in [7, 11) is 0. The van der Waals surface area contributed by atoms with Crippen molar-refractivity contribution in [2.24, 2.45) is 0 Å². The molecule has 2 aromatic carbocycles. The topological polar surface area (TPSA) is 52.4 Å². The number of alkyl halides is 1. The highest BCUT2D eigenvalue weighted by atomic mass is 35.5. The van der Waals surface area contributed by atoms with Gasteiger partial charge in [-0.3, -0.25) is 10.1 Å². The van der Waals surface area contributed by atoms with Gasteiger partial charge in [0.05, 0.1) is 10.8 Å². The molecule has 0 aliphatic rings. The molecule has 0 N–H and O–H groups in total. The van der Waals surface area contributed by atoms with Gasteiger partial charge in [-0.2, -0.15) is 0 Å². The van der Waals surface area contributed by atoms with Gasteiger partial charge in [0.1, 0.15) is 11.5 Å². The van der Waals surface area contributed by atoms with Gasteiger partial charge in [0.25, 0.3) is 5.69 Å². The van der Waals surface area contributed by atoms with E-state index in [1.165, 1.54) is 12.1 Å². The van der Waals surface area contributed by atoms with Gasteiger partial charge in [0.15, 0.2) is 0 Å². The van der Waals surface area contributed by atoms with Crippen molar-refractivity contribution >= 4 is 28.9 Å². The maximum Gasteiger partial charge on any atom is 0.274 e. The molecule has 0 aliphatic heterocycles. The third-order valence-electron chi connectivity index (χ3n) is 2.42. The Morgan fingerprint density at radius 3 is 2.53 bits per heavy atom. The molecule has 0 bridgehead atoms. The lowest BCUT2D eigenvalue weighted by Crippen LogP contribution is -1.94. The summed E-state index contributed by atoms with van der Waals surface area (Å²) in [6, 6.07) is 11.3. The van der Waals surface area contributed by atoms with E-state index < -0.39 is 4.92 Å². The number of nitro groups is 1. The van der Waals surface area contributed by atoms with Crippen LogP contribution < -0.4 is 4.74 Å². The van der Waals surface area contributed by atoms with Gasteiger partial charge in [0, 0.05) is 16.7 Å². The predicted molar refractivity (Wildman–Crippen MR) is 74.2 cm³/mol. The van der Waals surface area contributed by atoms with E-state index in [0.29, 0.717) is 22.1 Å². The molecule has 0 aliphatic carbocycles. The van der Waals surface area contributed by atoms with Gasteiger partial charge >= 0.3 is 0 Å². The molecular formula is C13H9Cl2NO3. The third kappa shape index (κ3) is 3.36. The molecule has 0 unspecified atom stereocenters. The number of ether oxygens (including phenoxy) is 1.